The largest absolute Gasteiger partial charge is 0.371 e. The number of benzene rings is 1. The highest BCUT2D eigenvalue weighted by atomic mass is 32.2. The molecule has 4 nitrogen and oxygen atoms in total. The standard InChI is InChI=1S/C12H16O4S/c1-17(13,14)16-12-8-7-11(12)15-9-10-5-3-2-4-6-10/h2-6,11-12H,7-9H2,1H3/t11-,12+/m0/s1. The normalized spacial score (nSPS) is 24.3. The van der Waals surface area contributed by atoms with Gasteiger partial charge in [-0.15, -0.1) is 0 Å². The molecule has 1 aliphatic carbocycles. The molecule has 0 aromatic heterocycles. The van der Waals surface area contributed by atoms with E-state index in [0.29, 0.717) is 6.61 Å². The van der Waals surface area contributed by atoms with Gasteiger partial charge in [0.05, 0.1) is 19.0 Å². The van der Waals surface area contributed by atoms with E-state index in [1.165, 1.54) is 0 Å². The first-order valence-electron chi connectivity index (χ1n) is 5.58. The van der Waals surface area contributed by atoms with Gasteiger partial charge in [-0.05, 0) is 18.4 Å². The fraction of sp³-hybridized carbons (Fsp3) is 0.500. The lowest BCUT2D eigenvalue weighted by atomic mass is 9.92. The van der Waals surface area contributed by atoms with Gasteiger partial charge in [0.1, 0.15) is 6.10 Å². The Balaban J connectivity index is 1.81. The minimum absolute atomic E-state index is 0.107. The van der Waals surface area contributed by atoms with Crippen molar-refractivity contribution >= 4 is 10.1 Å². The Morgan fingerprint density at radius 2 is 1.82 bits per heavy atom. The molecule has 1 aliphatic rings. The highest BCUT2D eigenvalue weighted by molar-refractivity contribution is 7.86. The van der Waals surface area contributed by atoms with E-state index in [4.69, 9.17) is 8.92 Å². The van der Waals surface area contributed by atoms with E-state index in [9.17, 15) is 8.42 Å². The molecule has 0 spiro atoms. The zero-order valence-corrected chi connectivity index (χ0v) is 10.5. The summed E-state index contributed by atoms with van der Waals surface area (Å²) in [7, 11) is -3.38. The van der Waals surface area contributed by atoms with Crippen molar-refractivity contribution in [3.8, 4) is 0 Å². The smallest absolute Gasteiger partial charge is 0.264 e. The average molecular weight is 256 g/mol. The Morgan fingerprint density at radius 3 is 2.35 bits per heavy atom. The van der Waals surface area contributed by atoms with Crippen molar-refractivity contribution in [2.75, 3.05) is 6.26 Å². The molecule has 0 aliphatic heterocycles. The Morgan fingerprint density at radius 1 is 1.18 bits per heavy atom. The van der Waals surface area contributed by atoms with Gasteiger partial charge in [-0.25, -0.2) is 0 Å². The summed E-state index contributed by atoms with van der Waals surface area (Å²) in [6.07, 6.45) is 2.25. The summed E-state index contributed by atoms with van der Waals surface area (Å²) in [6.45, 7) is 0.495. The van der Waals surface area contributed by atoms with E-state index in [0.717, 1.165) is 24.7 Å². The van der Waals surface area contributed by atoms with Crippen LogP contribution in [0.1, 0.15) is 18.4 Å². The van der Waals surface area contributed by atoms with Crippen LogP contribution in [0.15, 0.2) is 30.3 Å². The van der Waals surface area contributed by atoms with Gasteiger partial charge in [0.2, 0.25) is 0 Å². The van der Waals surface area contributed by atoms with Gasteiger partial charge < -0.3 is 4.74 Å². The van der Waals surface area contributed by atoms with Crippen molar-refractivity contribution in [2.24, 2.45) is 0 Å². The first-order valence-corrected chi connectivity index (χ1v) is 7.40. The van der Waals surface area contributed by atoms with E-state index >= 15 is 0 Å². The lowest BCUT2D eigenvalue weighted by Gasteiger charge is -2.34. The van der Waals surface area contributed by atoms with Gasteiger partial charge in [-0.3, -0.25) is 4.18 Å². The van der Waals surface area contributed by atoms with Crippen molar-refractivity contribution in [1.82, 2.24) is 0 Å². The number of hydrogen-bond acceptors (Lipinski definition) is 4. The first-order chi connectivity index (χ1) is 8.04. The zero-order valence-electron chi connectivity index (χ0n) is 9.70. The van der Waals surface area contributed by atoms with Gasteiger partial charge in [-0.1, -0.05) is 30.3 Å². The highest BCUT2D eigenvalue weighted by Crippen LogP contribution is 2.28. The molecular formula is C12H16O4S. The Bertz CT molecular complexity index is 455. The molecule has 1 aromatic carbocycles. The van der Waals surface area contributed by atoms with Crippen LogP contribution in [0.5, 0.6) is 0 Å². The molecule has 0 radical (unpaired) electrons. The van der Waals surface area contributed by atoms with Crippen LogP contribution in [0.25, 0.3) is 0 Å². The molecular weight excluding hydrogens is 240 g/mol. The van der Waals surface area contributed by atoms with Crippen LogP contribution >= 0.6 is 0 Å². The van der Waals surface area contributed by atoms with Crippen molar-refractivity contribution in [1.29, 1.82) is 0 Å². The van der Waals surface area contributed by atoms with Gasteiger partial charge in [0.15, 0.2) is 0 Å². The molecule has 1 saturated carbocycles. The highest BCUT2D eigenvalue weighted by Gasteiger charge is 2.35. The summed E-state index contributed by atoms with van der Waals surface area (Å²) in [5, 5.41) is 0. The monoisotopic (exact) mass is 256 g/mol. The maximum absolute atomic E-state index is 11.0. The van der Waals surface area contributed by atoms with Crippen molar-refractivity contribution in [3.63, 3.8) is 0 Å². The molecule has 94 valence electrons. The van der Waals surface area contributed by atoms with E-state index in [1.54, 1.807) is 0 Å². The fourth-order valence-corrected chi connectivity index (χ4v) is 2.41. The van der Waals surface area contributed by atoms with Crippen LogP contribution in [0.3, 0.4) is 0 Å². The number of rotatable bonds is 5. The number of ether oxygens (including phenoxy) is 1. The molecule has 0 bridgehead atoms. The van der Waals surface area contributed by atoms with Crippen LogP contribution in [-0.2, 0) is 25.6 Å². The summed E-state index contributed by atoms with van der Waals surface area (Å²) < 4.78 is 32.5. The molecule has 0 unspecified atom stereocenters. The molecule has 0 N–H and O–H groups in total. The maximum Gasteiger partial charge on any atom is 0.264 e. The summed E-state index contributed by atoms with van der Waals surface area (Å²) in [6, 6.07) is 9.80. The molecule has 1 fully saturated rings. The van der Waals surface area contributed by atoms with E-state index in [2.05, 4.69) is 0 Å². The second kappa shape index (κ2) is 5.16. The van der Waals surface area contributed by atoms with Crippen molar-refractivity contribution < 1.29 is 17.3 Å². The SMILES string of the molecule is CS(=O)(=O)O[C@@H]1CC[C@@H]1OCc1ccccc1. The van der Waals surface area contributed by atoms with Gasteiger partial charge in [-0.2, -0.15) is 8.42 Å². The number of hydrogen-bond donors (Lipinski definition) is 0. The molecule has 2 rings (SSSR count). The molecule has 1 aromatic rings. The van der Waals surface area contributed by atoms with Gasteiger partial charge in [0, 0.05) is 0 Å². The van der Waals surface area contributed by atoms with Crippen molar-refractivity contribution in [2.45, 2.75) is 31.7 Å². The van der Waals surface area contributed by atoms with E-state index in [1.807, 2.05) is 30.3 Å². The van der Waals surface area contributed by atoms with Crippen LogP contribution in [0.4, 0.5) is 0 Å². The predicted octanol–water partition coefficient (Wildman–Crippen LogP) is 1.71. The second-order valence-electron chi connectivity index (χ2n) is 4.25. The van der Waals surface area contributed by atoms with Crippen LogP contribution < -0.4 is 0 Å². The topological polar surface area (TPSA) is 52.6 Å². The lowest BCUT2D eigenvalue weighted by molar-refractivity contribution is -0.0889. The zero-order chi connectivity index (χ0) is 12.3. The van der Waals surface area contributed by atoms with Crippen LogP contribution in [0, 0.1) is 0 Å². The van der Waals surface area contributed by atoms with E-state index < -0.39 is 10.1 Å². The molecule has 5 heteroatoms. The molecule has 17 heavy (non-hydrogen) atoms. The Kier molecular flexibility index (Phi) is 3.81. The minimum Gasteiger partial charge on any atom is -0.371 e. The lowest BCUT2D eigenvalue weighted by Crippen LogP contribution is -2.42. The quantitative estimate of drug-likeness (QED) is 0.753. The summed E-state index contributed by atoms with van der Waals surface area (Å²) in [5.41, 5.74) is 1.08. The third-order valence-corrected chi connectivity index (χ3v) is 3.35. The van der Waals surface area contributed by atoms with Gasteiger partial charge >= 0.3 is 0 Å². The Hall–Kier alpha value is -0.910. The predicted molar refractivity (Wildman–Crippen MR) is 64.0 cm³/mol. The summed E-state index contributed by atoms with van der Waals surface area (Å²) >= 11 is 0. The fourth-order valence-electron chi connectivity index (χ4n) is 1.74. The summed E-state index contributed by atoms with van der Waals surface area (Å²) in [5.74, 6) is 0. The molecule has 2 atom stereocenters. The third kappa shape index (κ3) is 3.80. The van der Waals surface area contributed by atoms with Crippen LogP contribution in [0.2, 0.25) is 0 Å². The van der Waals surface area contributed by atoms with Crippen LogP contribution in [-0.4, -0.2) is 26.9 Å². The first kappa shape index (κ1) is 12.5. The van der Waals surface area contributed by atoms with E-state index in [-0.39, 0.29) is 12.2 Å². The molecule has 0 heterocycles. The second-order valence-corrected chi connectivity index (χ2v) is 5.85. The van der Waals surface area contributed by atoms with Crippen molar-refractivity contribution in [3.05, 3.63) is 35.9 Å². The average Bonchev–Trinajstić information content (AvgIpc) is 2.25. The Labute approximate surface area is 102 Å². The summed E-state index contributed by atoms with van der Waals surface area (Å²) in [4.78, 5) is 0. The molecule has 0 saturated heterocycles. The maximum atomic E-state index is 11.0. The molecule has 0 amide bonds. The minimum atomic E-state index is -3.38. The third-order valence-electron chi connectivity index (χ3n) is 2.76. The van der Waals surface area contributed by atoms with Gasteiger partial charge in [0.25, 0.3) is 10.1 Å².